The number of benzene rings is 2. The molecule has 0 unspecified atom stereocenters. The van der Waals surface area contributed by atoms with E-state index in [1.807, 2.05) is 24.3 Å². The summed E-state index contributed by atoms with van der Waals surface area (Å²) >= 11 is 1.76. The second kappa shape index (κ2) is 8.20. The van der Waals surface area contributed by atoms with Crippen LogP contribution >= 0.6 is 11.8 Å². The molecule has 0 aliphatic rings. The van der Waals surface area contributed by atoms with Crippen molar-refractivity contribution in [3.05, 3.63) is 65.5 Å². The van der Waals surface area contributed by atoms with Gasteiger partial charge in [0, 0.05) is 17.2 Å². The summed E-state index contributed by atoms with van der Waals surface area (Å²) in [5.74, 6) is 1.34. The van der Waals surface area contributed by atoms with E-state index < -0.39 is 0 Å². The maximum Gasteiger partial charge on any atom is 0.123 e. The Bertz CT molecular complexity index is 554. The zero-order valence-electron chi connectivity index (χ0n) is 12.6. The lowest BCUT2D eigenvalue weighted by Gasteiger charge is -2.12. The molecule has 2 aromatic rings. The predicted molar refractivity (Wildman–Crippen MR) is 88.9 cm³/mol. The Hall–Kier alpha value is -1.32. The fourth-order valence-electron chi connectivity index (χ4n) is 2.06. The molecule has 0 saturated heterocycles. The summed E-state index contributed by atoms with van der Waals surface area (Å²) in [5, 5.41) is 3.39. The van der Waals surface area contributed by atoms with Crippen LogP contribution in [-0.4, -0.2) is 6.54 Å². The van der Waals surface area contributed by atoms with Gasteiger partial charge < -0.3 is 5.32 Å². The molecule has 0 radical (unpaired) electrons. The Morgan fingerprint density at radius 1 is 1.10 bits per heavy atom. The second-order valence-corrected chi connectivity index (χ2v) is 6.57. The van der Waals surface area contributed by atoms with Crippen molar-refractivity contribution >= 4 is 11.8 Å². The molecule has 0 saturated carbocycles. The van der Waals surface area contributed by atoms with Gasteiger partial charge in [-0.2, -0.15) is 0 Å². The highest BCUT2D eigenvalue weighted by molar-refractivity contribution is 7.98. The Morgan fingerprint density at radius 2 is 1.86 bits per heavy atom. The molecule has 3 heteroatoms. The zero-order valence-corrected chi connectivity index (χ0v) is 13.4. The molecule has 0 aliphatic heterocycles. The van der Waals surface area contributed by atoms with Gasteiger partial charge in [-0.05, 0) is 41.8 Å². The van der Waals surface area contributed by atoms with Crippen molar-refractivity contribution in [1.82, 2.24) is 5.32 Å². The minimum atomic E-state index is -0.166. The van der Waals surface area contributed by atoms with Crippen LogP contribution in [0.25, 0.3) is 0 Å². The lowest BCUT2D eigenvalue weighted by molar-refractivity contribution is 0.547. The molecule has 0 heterocycles. The first-order chi connectivity index (χ1) is 10.1. The van der Waals surface area contributed by atoms with E-state index in [1.165, 1.54) is 5.56 Å². The fraction of sp³-hybridized carbons (Fsp3) is 0.333. The van der Waals surface area contributed by atoms with Crippen LogP contribution < -0.4 is 5.32 Å². The van der Waals surface area contributed by atoms with Crippen molar-refractivity contribution in [2.45, 2.75) is 31.0 Å². The summed E-state index contributed by atoms with van der Waals surface area (Å²) in [6.07, 6.45) is 0. The van der Waals surface area contributed by atoms with Crippen LogP contribution in [0.4, 0.5) is 4.39 Å². The largest absolute Gasteiger partial charge is 0.312 e. The SMILES string of the molecule is CC(C)CNCc1cc(F)ccc1SCc1ccccc1. The third-order valence-corrected chi connectivity index (χ3v) is 4.31. The van der Waals surface area contributed by atoms with Crippen molar-refractivity contribution in [3.63, 3.8) is 0 Å². The fourth-order valence-corrected chi connectivity index (χ4v) is 3.05. The van der Waals surface area contributed by atoms with E-state index in [0.717, 1.165) is 22.8 Å². The maximum absolute atomic E-state index is 13.5. The van der Waals surface area contributed by atoms with Gasteiger partial charge in [0.2, 0.25) is 0 Å². The molecule has 0 atom stereocenters. The molecule has 0 fully saturated rings. The summed E-state index contributed by atoms with van der Waals surface area (Å²) < 4.78 is 13.5. The standard InChI is InChI=1S/C18H22FNS/c1-14(2)11-20-12-16-10-17(19)8-9-18(16)21-13-15-6-4-3-5-7-15/h3-10,14,20H,11-13H2,1-2H3. The lowest BCUT2D eigenvalue weighted by atomic mass is 10.2. The molecule has 0 amide bonds. The quantitative estimate of drug-likeness (QED) is 0.733. The molecule has 0 aromatic heterocycles. The first-order valence-electron chi connectivity index (χ1n) is 7.31. The van der Waals surface area contributed by atoms with Crippen LogP contribution in [0, 0.1) is 11.7 Å². The molecule has 0 spiro atoms. The van der Waals surface area contributed by atoms with E-state index in [-0.39, 0.29) is 5.82 Å². The normalized spacial score (nSPS) is 11.0. The van der Waals surface area contributed by atoms with Crippen LogP contribution in [0.5, 0.6) is 0 Å². The van der Waals surface area contributed by atoms with Crippen LogP contribution in [0.1, 0.15) is 25.0 Å². The highest BCUT2D eigenvalue weighted by Crippen LogP contribution is 2.27. The smallest absolute Gasteiger partial charge is 0.123 e. The first kappa shape index (κ1) is 16.1. The molecular weight excluding hydrogens is 281 g/mol. The summed E-state index contributed by atoms with van der Waals surface area (Å²) in [7, 11) is 0. The topological polar surface area (TPSA) is 12.0 Å². The Labute approximate surface area is 131 Å². The molecule has 0 bridgehead atoms. The van der Waals surface area contributed by atoms with Crippen LogP contribution in [0.3, 0.4) is 0 Å². The average molecular weight is 303 g/mol. The van der Waals surface area contributed by atoms with Gasteiger partial charge in [-0.3, -0.25) is 0 Å². The highest BCUT2D eigenvalue weighted by atomic mass is 32.2. The summed E-state index contributed by atoms with van der Waals surface area (Å²) in [6, 6.07) is 15.4. The monoisotopic (exact) mass is 303 g/mol. The van der Waals surface area contributed by atoms with Crippen molar-refractivity contribution < 1.29 is 4.39 Å². The van der Waals surface area contributed by atoms with E-state index >= 15 is 0 Å². The number of rotatable bonds is 7. The molecule has 21 heavy (non-hydrogen) atoms. The predicted octanol–water partition coefficient (Wildman–Crippen LogP) is 4.86. The zero-order chi connectivity index (χ0) is 15.1. The number of halogens is 1. The van der Waals surface area contributed by atoms with Crippen LogP contribution in [-0.2, 0) is 12.3 Å². The van der Waals surface area contributed by atoms with E-state index in [2.05, 4.69) is 31.3 Å². The molecule has 112 valence electrons. The number of hydrogen-bond acceptors (Lipinski definition) is 2. The van der Waals surface area contributed by atoms with E-state index in [1.54, 1.807) is 23.9 Å². The minimum absolute atomic E-state index is 0.166. The van der Waals surface area contributed by atoms with Gasteiger partial charge in [0.05, 0.1) is 0 Å². The van der Waals surface area contributed by atoms with E-state index in [0.29, 0.717) is 12.5 Å². The molecule has 2 aromatic carbocycles. The number of hydrogen-bond donors (Lipinski definition) is 1. The van der Waals surface area contributed by atoms with Gasteiger partial charge in [-0.1, -0.05) is 44.2 Å². The molecular formula is C18H22FNS. The Balaban J connectivity index is 2.00. The third-order valence-electron chi connectivity index (χ3n) is 3.13. The van der Waals surface area contributed by atoms with Gasteiger partial charge in [0.25, 0.3) is 0 Å². The van der Waals surface area contributed by atoms with Crippen molar-refractivity contribution in [2.24, 2.45) is 5.92 Å². The number of nitrogens with one attached hydrogen (secondary N) is 1. The second-order valence-electron chi connectivity index (χ2n) is 5.55. The lowest BCUT2D eigenvalue weighted by Crippen LogP contribution is -2.19. The van der Waals surface area contributed by atoms with Gasteiger partial charge in [-0.15, -0.1) is 11.8 Å². The summed E-state index contributed by atoms with van der Waals surface area (Å²) in [6.45, 7) is 6.00. The Kier molecular flexibility index (Phi) is 6.27. The summed E-state index contributed by atoms with van der Waals surface area (Å²) in [4.78, 5) is 1.15. The van der Waals surface area contributed by atoms with Gasteiger partial charge >= 0.3 is 0 Å². The highest BCUT2D eigenvalue weighted by Gasteiger charge is 2.06. The maximum atomic E-state index is 13.5. The molecule has 1 nitrogen and oxygen atoms in total. The van der Waals surface area contributed by atoms with E-state index in [4.69, 9.17) is 0 Å². The van der Waals surface area contributed by atoms with Gasteiger partial charge in [0.1, 0.15) is 5.82 Å². The number of thioether (sulfide) groups is 1. The van der Waals surface area contributed by atoms with E-state index in [9.17, 15) is 4.39 Å². The van der Waals surface area contributed by atoms with Crippen LogP contribution in [0.15, 0.2) is 53.4 Å². The van der Waals surface area contributed by atoms with Gasteiger partial charge in [0.15, 0.2) is 0 Å². The molecule has 2 rings (SSSR count). The third kappa shape index (κ3) is 5.52. The average Bonchev–Trinajstić information content (AvgIpc) is 2.47. The first-order valence-corrected chi connectivity index (χ1v) is 8.29. The van der Waals surface area contributed by atoms with Crippen molar-refractivity contribution in [1.29, 1.82) is 0 Å². The van der Waals surface area contributed by atoms with Crippen LogP contribution in [0.2, 0.25) is 0 Å². The van der Waals surface area contributed by atoms with Crippen molar-refractivity contribution in [2.75, 3.05) is 6.54 Å². The molecule has 0 aliphatic carbocycles. The molecule has 1 N–H and O–H groups in total. The van der Waals surface area contributed by atoms with Gasteiger partial charge in [-0.25, -0.2) is 4.39 Å². The Morgan fingerprint density at radius 3 is 2.57 bits per heavy atom. The summed E-state index contributed by atoms with van der Waals surface area (Å²) in [5.41, 5.74) is 2.32. The minimum Gasteiger partial charge on any atom is -0.312 e. The van der Waals surface area contributed by atoms with Crippen molar-refractivity contribution in [3.8, 4) is 0 Å².